The van der Waals surface area contributed by atoms with Crippen molar-refractivity contribution >= 4 is 11.8 Å². The standard InChI is InChI=1S/C7H11N3O2/c1-5-3-6(10-9-5)8-4-7(11)12-2/h3H,4H2,1-2H3,(H2,8,9,10). The summed E-state index contributed by atoms with van der Waals surface area (Å²) in [5.74, 6) is 0.341. The summed E-state index contributed by atoms with van der Waals surface area (Å²) in [7, 11) is 1.35. The molecule has 1 aromatic rings. The molecule has 5 nitrogen and oxygen atoms in total. The van der Waals surface area contributed by atoms with E-state index in [1.165, 1.54) is 7.11 Å². The number of hydrogen-bond donors (Lipinski definition) is 2. The highest BCUT2D eigenvalue weighted by Gasteiger charge is 2.00. The Kier molecular flexibility index (Phi) is 2.68. The van der Waals surface area contributed by atoms with Crippen molar-refractivity contribution < 1.29 is 9.53 Å². The first kappa shape index (κ1) is 8.58. The van der Waals surface area contributed by atoms with Crippen LogP contribution in [0, 0.1) is 6.92 Å². The first-order valence-corrected chi connectivity index (χ1v) is 3.55. The first-order chi connectivity index (χ1) is 5.72. The van der Waals surface area contributed by atoms with Gasteiger partial charge in [-0.15, -0.1) is 0 Å². The number of carbonyl (C=O) groups excluding carboxylic acids is 1. The van der Waals surface area contributed by atoms with E-state index in [9.17, 15) is 4.79 Å². The van der Waals surface area contributed by atoms with Gasteiger partial charge in [0.1, 0.15) is 12.4 Å². The highest BCUT2D eigenvalue weighted by Crippen LogP contribution is 2.02. The minimum absolute atomic E-state index is 0.140. The fourth-order valence-electron chi connectivity index (χ4n) is 0.743. The average molecular weight is 169 g/mol. The fraction of sp³-hybridized carbons (Fsp3) is 0.429. The van der Waals surface area contributed by atoms with Crippen molar-refractivity contribution in [3.63, 3.8) is 0 Å². The SMILES string of the molecule is COC(=O)CNc1cc(C)[nH]n1. The van der Waals surface area contributed by atoms with E-state index < -0.39 is 0 Å². The van der Waals surface area contributed by atoms with Gasteiger partial charge in [0.05, 0.1) is 7.11 Å². The molecule has 0 bridgehead atoms. The molecule has 0 aliphatic rings. The molecule has 5 heteroatoms. The van der Waals surface area contributed by atoms with Crippen molar-refractivity contribution in [1.82, 2.24) is 10.2 Å². The van der Waals surface area contributed by atoms with Gasteiger partial charge in [-0.2, -0.15) is 5.10 Å². The zero-order valence-electron chi connectivity index (χ0n) is 7.05. The summed E-state index contributed by atoms with van der Waals surface area (Å²) >= 11 is 0. The van der Waals surface area contributed by atoms with Crippen LogP contribution >= 0.6 is 0 Å². The fourth-order valence-corrected chi connectivity index (χ4v) is 0.743. The second kappa shape index (κ2) is 3.75. The van der Waals surface area contributed by atoms with Crippen LogP contribution in [0.15, 0.2) is 6.07 Å². The molecule has 0 fully saturated rings. The molecule has 1 heterocycles. The van der Waals surface area contributed by atoms with Gasteiger partial charge in [0.15, 0.2) is 0 Å². The van der Waals surface area contributed by atoms with Crippen molar-refractivity contribution in [1.29, 1.82) is 0 Å². The monoisotopic (exact) mass is 169 g/mol. The number of esters is 1. The van der Waals surface area contributed by atoms with Gasteiger partial charge in [0, 0.05) is 11.8 Å². The van der Waals surface area contributed by atoms with Crippen LogP contribution in [0.5, 0.6) is 0 Å². The molecule has 0 unspecified atom stereocenters. The molecule has 0 aromatic carbocycles. The van der Waals surface area contributed by atoms with Crippen LogP contribution in [0.4, 0.5) is 5.82 Å². The Labute approximate surface area is 70.1 Å². The Morgan fingerprint density at radius 2 is 2.58 bits per heavy atom. The van der Waals surface area contributed by atoms with Crippen LogP contribution in [-0.4, -0.2) is 29.8 Å². The lowest BCUT2D eigenvalue weighted by atomic mass is 10.5. The second-order valence-corrected chi connectivity index (χ2v) is 2.37. The number of nitrogens with one attached hydrogen (secondary N) is 2. The Bertz CT molecular complexity index is 269. The highest BCUT2D eigenvalue weighted by molar-refractivity contribution is 5.74. The van der Waals surface area contributed by atoms with Crippen LogP contribution in [-0.2, 0) is 9.53 Å². The highest BCUT2D eigenvalue weighted by atomic mass is 16.5. The molecule has 66 valence electrons. The molecule has 0 spiro atoms. The summed E-state index contributed by atoms with van der Waals surface area (Å²) in [4.78, 5) is 10.7. The Morgan fingerprint density at radius 1 is 1.83 bits per heavy atom. The molecule has 0 aliphatic carbocycles. The molecule has 0 atom stereocenters. The zero-order chi connectivity index (χ0) is 8.97. The molecule has 2 N–H and O–H groups in total. The van der Waals surface area contributed by atoms with Gasteiger partial charge >= 0.3 is 5.97 Å². The van der Waals surface area contributed by atoms with E-state index in [2.05, 4.69) is 20.3 Å². The lowest BCUT2D eigenvalue weighted by molar-refractivity contribution is -0.138. The van der Waals surface area contributed by atoms with E-state index in [0.29, 0.717) is 5.82 Å². The van der Waals surface area contributed by atoms with Crippen LogP contribution in [0.25, 0.3) is 0 Å². The predicted octanol–water partition coefficient (Wildman–Crippen LogP) is 0.303. The van der Waals surface area contributed by atoms with Crippen LogP contribution < -0.4 is 5.32 Å². The van der Waals surface area contributed by atoms with Crippen LogP contribution in [0.3, 0.4) is 0 Å². The van der Waals surface area contributed by atoms with Crippen molar-refractivity contribution in [2.45, 2.75) is 6.92 Å². The maximum atomic E-state index is 10.7. The maximum absolute atomic E-state index is 10.7. The maximum Gasteiger partial charge on any atom is 0.325 e. The van der Waals surface area contributed by atoms with E-state index in [1.54, 1.807) is 0 Å². The smallest absolute Gasteiger partial charge is 0.325 e. The van der Waals surface area contributed by atoms with Gasteiger partial charge in [-0.1, -0.05) is 0 Å². The van der Waals surface area contributed by atoms with Gasteiger partial charge in [-0.25, -0.2) is 0 Å². The van der Waals surface area contributed by atoms with E-state index >= 15 is 0 Å². The normalized spacial score (nSPS) is 9.50. The molecular formula is C7H11N3O2. The zero-order valence-corrected chi connectivity index (χ0v) is 7.05. The average Bonchev–Trinajstić information content (AvgIpc) is 2.47. The molecular weight excluding hydrogens is 158 g/mol. The minimum Gasteiger partial charge on any atom is -0.468 e. The van der Waals surface area contributed by atoms with Gasteiger partial charge in [-0.05, 0) is 6.92 Å². The number of aryl methyl sites for hydroxylation is 1. The van der Waals surface area contributed by atoms with Crippen LogP contribution in [0.1, 0.15) is 5.69 Å². The molecule has 0 saturated carbocycles. The third-order valence-corrected chi connectivity index (χ3v) is 1.35. The summed E-state index contributed by atoms with van der Waals surface area (Å²) in [6, 6.07) is 1.81. The first-order valence-electron chi connectivity index (χ1n) is 3.55. The second-order valence-electron chi connectivity index (χ2n) is 2.37. The molecule has 1 aromatic heterocycles. The lowest BCUT2D eigenvalue weighted by Gasteiger charge is -1.98. The molecule has 0 amide bonds. The molecule has 0 aliphatic heterocycles. The quantitative estimate of drug-likeness (QED) is 0.639. The number of H-pyrrole nitrogens is 1. The summed E-state index contributed by atoms with van der Waals surface area (Å²) in [6.45, 7) is 2.02. The summed E-state index contributed by atoms with van der Waals surface area (Å²) in [5, 5.41) is 9.42. The van der Waals surface area contributed by atoms with Crippen molar-refractivity contribution in [3.8, 4) is 0 Å². The van der Waals surface area contributed by atoms with Gasteiger partial charge in [-0.3, -0.25) is 9.89 Å². The molecule has 0 saturated heterocycles. The Morgan fingerprint density at radius 3 is 3.08 bits per heavy atom. The summed E-state index contributed by atoms with van der Waals surface area (Å²) in [5.41, 5.74) is 0.947. The van der Waals surface area contributed by atoms with Gasteiger partial charge in [0.2, 0.25) is 0 Å². The number of nitrogens with zero attached hydrogens (tertiary/aromatic N) is 1. The summed E-state index contributed by atoms with van der Waals surface area (Å²) in [6.07, 6.45) is 0. The van der Waals surface area contributed by atoms with Gasteiger partial charge in [0.25, 0.3) is 0 Å². The third kappa shape index (κ3) is 2.26. The number of rotatable bonds is 3. The van der Waals surface area contributed by atoms with Crippen molar-refractivity contribution in [2.75, 3.05) is 19.0 Å². The molecule has 12 heavy (non-hydrogen) atoms. The third-order valence-electron chi connectivity index (χ3n) is 1.35. The lowest BCUT2D eigenvalue weighted by Crippen LogP contribution is -2.15. The van der Waals surface area contributed by atoms with Crippen molar-refractivity contribution in [3.05, 3.63) is 11.8 Å². The minimum atomic E-state index is -0.310. The Balaban J connectivity index is 2.38. The molecule has 1 rings (SSSR count). The van der Waals surface area contributed by atoms with Crippen LogP contribution in [0.2, 0.25) is 0 Å². The van der Waals surface area contributed by atoms with E-state index in [4.69, 9.17) is 0 Å². The van der Waals surface area contributed by atoms with E-state index in [1.807, 2.05) is 13.0 Å². The van der Waals surface area contributed by atoms with E-state index in [-0.39, 0.29) is 12.5 Å². The van der Waals surface area contributed by atoms with Crippen molar-refractivity contribution in [2.24, 2.45) is 0 Å². The predicted molar refractivity (Wildman–Crippen MR) is 43.8 cm³/mol. The van der Waals surface area contributed by atoms with Gasteiger partial charge < -0.3 is 10.1 Å². The number of aromatic nitrogens is 2. The number of ether oxygens (including phenoxy) is 1. The molecule has 0 radical (unpaired) electrons. The summed E-state index contributed by atoms with van der Waals surface area (Å²) < 4.78 is 4.44. The number of anilines is 1. The largest absolute Gasteiger partial charge is 0.468 e. The number of hydrogen-bond acceptors (Lipinski definition) is 4. The van der Waals surface area contributed by atoms with E-state index in [0.717, 1.165) is 5.69 Å². The number of aromatic amines is 1. The number of carbonyl (C=O) groups is 1. The Hall–Kier alpha value is -1.52. The topological polar surface area (TPSA) is 67.0 Å². The number of methoxy groups -OCH3 is 1.